The van der Waals surface area contributed by atoms with Gasteiger partial charge in [0.25, 0.3) is 0 Å². The van der Waals surface area contributed by atoms with Crippen molar-refractivity contribution in [1.29, 1.82) is 5.26 Å². The summed E-state index contributed by atoms with van der Waals surface area (Å²) in [6.45, 7) is 7.02. The largest absolute Gasteiger partial charge is 0.317 e. The van der Waals surface area contributed by atoms with Crippen LogP contribution in [0.3, 0.4) is 0 Å². The average molecular weight is 292 g/mol. The van der Waals surface area contributed by atoms with Crippen LogP contribution in [0.1, 0.15) is 25.8 Å². The van der Waals surface area contributed by atoms with Crippen LogP contribution in [0.2, 0.25) is 0 Å². The molecule has 5 nitrogen and oxygen atoms in total. The highest BCUT2D eigenvalue weighted by Crippen LogP contribution is 2.22. The molecule has 2 atom stereocenters. The van der Waals surface area contributed by atoms with E-state index in [2.05, 4.69) is 35.5 Å². The summed E-state index contributed by atoms with van der Waals surface area (Å²) in [5.74, 6) is -0.0252. The fourth-order valence-corrected chi connectivity index (χ4v) is 3.32. The second kappa shape index (κ2) is 6.84. The van der Waals surface area contributed by atoms with Gasteiger partial charge in [0, 0.05) is 38.1 Å². The number of nitrogens with zero attached hydrogens (tertiary/aromatic N) is 2. The van der Waals surface area contributed by atoms with Gasteiger partial charge in [0.05, 0.1) is 5.56 Å². The predicted molar refractivity (Wildman–Crippen MR) is 80.8 cm³/mol. The molecule has 6 heteroatoms. The van der Waals surface area contributed by atoms with Crippen LogP contribution in [0.15, 0.2) is 11.4 Å². The van der Waals surface area contributed by atoms with Gasteiger partial charge in [0.15, 0.2) is 0 Å². The molecule has 20 heavy (non-hydrogen) atoms. The zero-order chi connectivity index (χ0) is 14.5. The normalized spacial score (nSPS) is 23.2. The molecule has 2 heterocycles. The Morgan fingerprint density at radius 2 is 2.25 bits per heavy atom. The molecule has 0 radical (unpaired) electrons. The van der Waals surface area contributed by atoms with Crippen molar-refractivity contribution in [2.45, 2.75) is 32.4 Å². The second-order valence-electron chi connectivity index (χ2n) is 5.30. The zero-order valence-electron chi connectivity index (χ0n) is 11.8. The van der Waals surface area contributed by atoms with E-state index >= 15 is 0 Å². The molecule has 1 aliphatic rings. The molecule has 0 spiro atoms. The van der Waals surface area contributed by atoms with Crippen molar-refractivity contribution in [2.24, 2.45) is 0 Å². The van der Waals surface area contributed by atoms with Gasteiger partial charge in [-0.3, -0.25) is 9.69 Å². The molecule has 0 aliphatic carbocycles. The highest BCUT2D eigenvalue weighted by atomic mass is 32.1. The summed E-state index contributed by atoms with van der Waals surface area (Å²) in [4.78, 5) is 14.2. The molecule has 1 amide bonds. The Morgan fingerprint density at radius 1 is 1.55 bits per heavy atom. The molecule has 2 unspecified atom stereocenters. The van der Waals surface area contributed by atoms with E-state index in [0.29, 0.717) is 29.1 Å². The molecule has 1 aliphatic heterocycles. The van der Waals surface area contributed by atoms with Gasteiger partial charge in [-0.25, -0.2) is 0 Å². The van der Waals surface area contributed by atoms with Crippen LogP contribution in [0, 0.1) is 11.3 Å². The summed E-state index contributed by atoms with van der Waals surface area (Å²) in [5.41, 5.74) is 0.535. The Balaban J connectivity index is 1.79. The summed E-state index contributed by atoms with van der Waals surface area (Å²) in [6, 6.07) is 4.72. The van der Waals surface area contributed by atoms with Crippen LogP contribution in [-0.2, 0) is 4.79 Å². The number of hydrogen-bond donors (Lipinski definition) is 2. The first kappa shape index (κ1) is 15.0. The Kier molecular flexibility index (Phi) is 5.12. The quantitative estimate of drug-likeness (QED) is 0.885. The van der Waals surface area contributed by atoms with E-state index in [1.54, 1.807) is 6.07 Å². The fraction of sp³-hybridized carbons (Fsp3) is 0.571. The first-order valence-corrected chi connectivity index (χ1v) is 7.72. The number of nitrogens with one attached hydrogen (secondary N) is 2. The number of carbonyl (C=O) groups is 1. The van der Waals surface area contributed by atoms with Crippen LogP contribution in [-0.4, -0.2) is 42.5 Å². The minimum absolute atomic E-state index is 0.0252. The number of anilines is 1. The third kappa shape index (κ3) is 4.04. The summed E-state index contributed by atoms with van der Waals surface area (Å²) in [6.07, 6.45) is 0.461. The van der Waals surface area contributed by atoms with Crippen LogP contribution in [0.5, 0.6) is 0 Å². The third-order valence-electron chi connectivity index (χ3n) is 3.33. The number of thiophene rings is 1. The molecule has 2 N–H and O–H groups in total. The molecular formula is C14H20N4OS. The minimum atomic E-state index is -0.0252. The van der Waals surface area contributed by atoms with E-state index < -0.39 is 0 Å². The molecule has 1 fully saturated rings. The Morgan fingerprint density at radius 3 is 2.90 bits per heavy atom. The first-order valence-electron chi connectivity index (χ1n) is 6.84. The predicted octanol–water partition coefficient (Wildman–Crippen LogP) is 1.63. The average Bonchev–Trinajstić information content (AvgIpc) is 2.82. The number of carbonyl (C=O) groups excluding carboxylic acids is 1. The molecule has 1 saturated heterocycles. The second-order valence-corrected chi connectivity index (χ2v) is 6.22. The van der Waals surface area contributed by atoms with Crippen molar-refractivity contribution >= 4 is 22.2 Å². The maximum absolute atomic E-state index is 11.9. The highest BCUT2D eigenvalue weighted by molar-refractivity contribution is 7.14. The van der Waals surface area contributed by atoms with E-state index in [9.17, 15) is 4.79 Å². The van der Waals surface area contributed by atoms with Crippen molar-refractivity contribution in [1.82, 2.24) is 10.2 Å². The molecule has 0 bridgehead atoms. The Labute approximate surface area is 123 Å². The van der Waals surface area contributed by atoms with Crippen LogP contribution in [0.25, 0.3) is 0 Å². The number of piperazine rings is 1. The van der Waals surface area contributed by atoms with Gasteiger partial charge in [-0.15, -0.1) is 11.3 Å². The molecule has 108 valence electrons. The number of amides is 1. The van der Waals surface area contributed by atoms with Crippen molar-refractivity contribution < 1.29 is 4.79 Å². The van der Waals surface area contributed by atoms with E-state index in [1.807, 2.05) is 5.38 Å². The van der Waals surface area contributed by atoms with E-state index in [0.717, 1.165) is 19.6 Å². The lowest BCUT2D eigenvalue weighted by Crippen LogP contribution is -2.54. The van der Waals surface area contributed by atoms with Gasteiger partial charge in [0.1, 0.15) is 11.1 Å². The monoisotopic (exact) mass is 292 g/mol. The van der Waals surface area contributed by atoms with Gasteiger partial charge < -0.3 is 10.6 Å². The number of hydrogen-bond acceptors (Lipinski definition) is 5. The maximum atomic E-state index is 11.9. The zero-order valence-corrected chi connectivity index (χ0v) is 12.7. The summed E-state index contributed by atoms with van der Waals surface area (Å²) < 4.78 is 0. The Bertz CT molecular complexity index is 498. The third-order valence-corrected chi connectivity index (χ3v) is 4.16. The summed E-state index contributed by atoms with van der Waals surface area (Å²) in [7, 11) is 0. The van der Waals surface area contributed by atoms with Crippen molar-refractivity contribution in [3.8, 4) is 6.07 Å². The molecular weight excluding hydrogens is 272 g/mol. The van der Waals surface area contributed by atoms with Gasteiger partial charge in [0.2, 0.25) is 5.91 Å². The molecule has 1 aromatic rings. The SMILES string of the molecule is CC1CN(CCC(=O)Nc2sccc2C#N)CC(C)N1. The number of nitriles is 1. The topological polar surface area (TPSA) is 68.2 Å². The maximum Gasteiger partial charge on any atom is 0.226 e. The first-order chi connectivity index (χ1) is 9.58. The van der Waals surface area contributed by atoms with Gasteiger partial charge in [-0.1, -0.05) is 0 Å². The number of rotatable bonds is 4. The molecule has 0 saturated carbocycles. The van der Waals surface area contributed by atoms with Crippen molar-refractivity contribution in [3.05, 3.63) is 17.0 Å². The lowest BCUT2D eigenvalue weighted by molar-refractivity contribution is -0.116. The van der Waals surface area contributed by atoms with E-state index in [4.69, 9.17) is 5.26 Å². The van der Waals surface area contributed by atoms with Crippen LogP contribution >= 0.6 is 11.3 Å². The van der Waals surface area contributed by atoms with Gasteiger partial charge in [-0.05, 0) is 25.3 Å². The minimum Gasteiger partial charge on any atom is -0.317 e. The fourth-order valence-electron chi connectivity index (χ4n) is 2.57. The lowest BCUT2D eigenvalue weighted by atomic mass is 10.1. The van der Waals surface area contributed by atoms with Crippen molar-refractivity contribution in [2.75, 3.05) is 25.0 Å². The summed E-state index contributed by atoms with van der Waals surface area (Å²) >= 11 is 1.39. The smallest absolute Gasteiger partial charge is 0.226 e. The molecule has 1 aromatic heterocycles. The van der Waals surface area contributed by atoms with Crippen LogP contribution < -0.4 is 10.6 Å². The Hall–Kier alpha value is -1.42. The van der Waals surface area contributed by atoms with E-state index in [-0.39, 0.29) is 5.91 Å². The standard InChI is InChI=1S/C14H20N4OS/c1-10-8-18(9-11(2)16-10)5-3-13(19)17-14-12(7-15)4-6-20-14/h4,6,10-11,16H,3,5,8-9H2,1-2H3,(H,17,19). The van der Waals surface area contributed by atoms with E-state index in [1.165, 1.54) is 11.3 Å². The van der Waals surface area contributed by atoms with Crippen LogP contribution in [0.4, 0.5) is 5.00 Å². The lowest BCUT2D eigenvalue weighted by Gasteiger charge is -2.35. The highest BCUT2D eigenvalue weighted by Gasteiger charge is 2.21. The molecule has 0 aromatic carbocycles. The van der Waals surface area contributed by atoms with Gasteiger partial charge >= 0.3 is 0 Å². The molecule has 2 rings (SSSR count). The van der Waals surface area contributed by atoms with Gasteiger partial charge in [-0.2, -0.15) is 5.26 Å². The van der Waals surface area contributed by atoms with Crippen molar-refractivity contribution in [3.63, 3.8) is 0 Å². The summed E-state index contributed by atoms with van der Waals surface area (Å²) in [5, 5.41) is 17.7.